The Morgan fingerprint density at radius 2 is 2.05 bits per heavy atom. The second kappa shape index (κ2) is 7.84. The Morgan fingerprint density at radius 1 is 1.27 bits per heavy atom. The molecule has 0 aromatic carbocycles. The molecule has 0 bridgehead atoms. The van der Waals surface area contributed by atoms with Crippen LogP contribution in [0.3, 0.4) is 0 Å². The molecule has 1 amide bonds. The molecule has 0 radical (unpaired) electrons. The van der Waals surface area contributed by atoms with Crippen molar-refractivity contribution >= 4 is 12.1 Å². The van der Waals surface area contributed by atoms with Crippen LogP contribution in [-0.4, -0.2) is 23.9 Å². The van der Waals surface area contributed by atoms with Gasteiger partial charge in [0.15, 0.2) is 25.1 Å². The first-order chi connectivity index (χ1) is 10.7. The number of nitrogens with zero attached hydrogens (tertiary/aromatic N) is 3. The maximum atomic E-state index is 11.0. The number of pyridine rings is 2. The third-order valence-electron chi connectivity index (χ3n) is 3.07. The predicted octanol–water partition coefficient (Wildman–Crippen LogP) is -0.157. The minimum Gasteiger partial charge on any atom is -0.411 e. The molecule has 0 spiro atoms. The van der Waals surface area contributed by atoms with Gasteiger partial charge in [0, 0.05) is 24.3 Å². The number of ether oxygens (including phenoxy) is 1. The minimum atomic E-state index is -0.443. The molecule has 0 fully saturated rings. The summed E-state index contributed by atoms with van der Waals surface area (Å²) in [6, 6.07) is 8.88. The van der Waals surface area contributed by atoms with Crippen LogP contribution in [0.25, 0.3) is 0 Å². The molecule has 0 atom stereocenters. The fourth-order valence-corrected chi connectivity index (χ4v) is 1.89. The van der Waals surface area contributed by atoms with Crippen molar-refractivity contribution in [3.8, 4) is 0 Å². The smallest absolute Gasteiger partial charge is 0.253 e. The number of carbonyl (C=O) groups is 1. The standard InChI is InChI=1S/C15H16N4O3/c16-15(20)13-4-7-18(8-5-13)9-10-22-12-19-6-2-1-3-14(19)11-17-21/h1-8,11H,9-10,12H2,(H-,16,20)/p+2. The van der Waals surface area contributed by atoms with E-state index >= 15 is 0 Å². The highest BCUT2D eigenvalue weighted by Crippen LogP contribution is 1.92. The summed E-state index contributed by atoms with van der Waals surface area (Å²) in [4.78, 5) is 11.0. The van der Waals surface area contributed by atoms with E-state index < -0.39 is 5.91 Å². The van der Waals surface area contributed by atoms with Crippen molar-refractivity contribution in [1.29, 1.82) is 0 Å². The SMILES string of the molecule is NC(=O)c1cc[n+](CCOC[n+]2ccccc2C=NO)cc1. The Bertz CT molecular complexity index is 656. The van der Waals surface area contributed by atoms with Crippen LogP contribution in [0.4, 0.5) is 0 Å². The Kier molecular flexibility index (Phi) is 5.56. The Hall–Kier alpha value is -2.80. The number of nitrogens with two attached hydrogens (primary N) is 1. The summed E-state index contributed by atoms with van der Waals surface area (Å²) >= 11 is 0. The van der Waals surface area contributed by atoms with Crippen LogP contribution in [0, 0.1) is 0 Å². The molecule has 0 saturated carbocycles. The third kappa shape index (κ3) is 4.35. The first-order valence-corrected chi connectivity index (χ1v) is 6.73. The van der Waals surface area contributed by atoms with E-state index in [0.29, 0.717) is 25.4 Å². The van der Waals surface area contributed by atoms with Crippen LogP contribution < -0.4 is 14.9 Å². The summed E-state index contributed by atoms with van der Waals surface area (Å²) < 4.78 is 9.32. The normalized spacial score (nSPS) is 10.9. The molecule has 7 heteroatoms. The molecular formula is C15H18N4O3+2. The largest absolute Gasteiger partial charge is 0.411 e. The van der Waals surface area contributed by atoms with E-state index in [1.165, 1.54) is 6.21 Å². The summed E-state index contributed by atoms with van der Waals surface area (Å²) in [5.74, 6) is -0.443. The van der Waals surface area contributed by atoms with Crippen LogP contribution in [0.15, 0.2) is 54.1 Å². The topological polar surface area (TPSA) is 92.7 Å². The summed E-state index contributed by atoms with van der Waals surface area (Å²) in [5.41, 5.74) is 6.40. The first kappa shape index (κ1) is 15.6. The molecule has 0 aliphatic heterocycles. The monoisotopic (exact) mass is 302 g/mol. The van der Waals surface area contributed by atoms with Crippen LogP contribution in [0.2, 0.25) is 0 Å². The second-order valence-electron chi connectivity index (χ2n) is 4.57. The number of hydrogen-bond donors (Lipinski definition) is 2. The van der Waals surface area contributed by atoms with Gasteiger partial charge in [-0.1, -0.05) is 5.16 Å². The lowest BCUT2D eigenvalue weighted by atomic mass is 10.2. The Balaban J connectivity index is 1.83. The number of hydrogen-bond acceptors (Lipinski definition) is 4. The molecule has 0 saturated heterocycles. The number of amides is 1. The van der Waals surface area contributed by atoms with Gasteiger partial charge in [-0.2, -0.15) is 4.57 Å². The van der Waals surface area contributed by atoms with E-state index in [0.717, 1.165) is 5.69 Å². The molecule has 22 heavy (non-hydrogen) atoms. The van der Waals surface area contributed by atoms with Crippen molar-refractivity contribution in [2.24, 2.45) is 10.9 Å². The number of rotatable bonds is 7. The predicted molar refractivity (Wildman–Crippen MR) is 77.1 cm³/mol. The molecule has 0 aliphatic carbocycles. The fraction of sp³-hybridized carbons (Fsp3) is 0.200. The van der Waals surface area contributed by atoms with Gasteiger partial charge in [0.1, 0.15) is 12.8 Å². The van der Waals surface area contributed by atoms with Crippen LogP contribution >= 0.6 is 0 Å². The van der Waals surface area contributed by atoms with Crippen molar-refractivity contribution in [3.05, 3.63) is 60.2 Å². The van der Waals surface area contributed by atoms with Crippen molar-refractivity contribution in [1.82, 2.24) is 0 Å². The van der Waals surface area contributed by atoms with Gasteiger partial charge in [-0.3, -0.25) is 4.79 Å². The number of carbonyl (C=O) groups excluding carboxylic acids is 1. The lowest BCUT2D eigenvalue weighted by Crippen LogP contribution is -2.41. The van der Waals surface area contributed by atoms with E-state index in [1.54, 1.807) is 24.5 Å². The zero-order chi connectivity index (χ0) is 15.8. The molecule has 7 nitrogen and oxygen atoms in total. The molecule has 0 unspecified atom stereocenters. The first-order valence-electron chi connectivity index (χ1n) is 6.73. The van der Waals surface area contributed by atoms with E-state index in [4.69, 9.17) is 15.7 Å². The number of aromatic nitrogens is 2. The van der Waals surface area contributed by atoms with E-state index in [9.17, 15) is 4.79 Å². The van der Waals surface area contributed by atoms with Gasteiger partial charge >= 0.3 is 0 Å². The average Bonchev–Trinajstić information content (AvgIpc) is 2.53. The summed E-state index contributed by atoms with van der Waals surface area (Å²) in [5, 5.41) is 11.6. The van der Waals surface area contributed by atoms with Crippen LogP contribution in [0.1, 0.15) is 16.1 Å². The highest BCUT2D eigenvalue weighted by molar-refractivity contribution is 5.92. The van der Waals surface area contributed by atoms with Crippen molar-refractivity contribution in [2.75, 3.05) is 6.61 Å². The average molecular weight is 302 g/mol. The summed E-state index contributed by atoms with van der Waals surface area (Å²) in [7, 11) is 0. The molecular weight excluding hydrogens is 284 g/mol. The minimum absolute atomic E-state index is 0.349. The molecule has 2 aromatic heterocycles. The highest BCUT2D eigenvalue weighted by Gasteiger charge is 2.08. The summed E-state index contributed by atoms with van der Waals surface area (Å²) in [6.45, 7) is 1.50. The Morgan fingerprint density at radius 3 is 2.73 bits per heavy atom. The number of oxime groups is 1. The van der Waals surface area contributed by atoms with Gasteiger partial charge in [-0.15, -0.1) is 0 Å². The second-order valence-corrected chi connectivity index (χ2v) is 4.57. The zero-order valence-electron chi connectivity index (χ0n) is 12.0. The van der Waals surface area contributed by atoms with Crippen molar-refractivity contribution < 1.29 is 23.9 Å². The third-order valence-corrected chi connectivity index (χ3v) is 3.07. The molecule has 3 N–H and O–H groups in total. The maximum Gasteiger partial charge on any atom is 0.253 e. The quantitative estimate of drug-likeness (QED) is 0.245. The summed E-state index contributed by atoms with van der Waals surface area (Å²) in [6.07, 6.45) is 6.75. The lowest BCUT2D eigenvalue weighted by molar-refractivity contribution is -0.742. The fourth-order valence-electron chi connectivity index (χ4n) is 1.89. The van der Waals surface area contributed by atoms with E-state index in [2.05, 4.69) is 5.16 Å². The van der Waals surface area contributed by atoms with Gasteiger partial charge in [0.2, 0.25) is 11.6 Å². The van der Waals surface area contributed by atoms with Crippen LogP contribution in [-0.2, 0) is 18.0 Å². The van der Waals surface area contributed by atoms with Gasteiger partial charge in [0.25, 0.3) is 6.73 Å². The molecule has 2 heterocycles. The van der Waals surface area contributed by atoms with E-state index in [1.807, 2.05) is 33.5 Å². The highest BCUT2D eigenvalue weighted by atomic mass is 16.5. The molecule has 2 aromatic rings. The maximum absolute atomic E-state index is 11.0. The number of primary amides is 1. The van der Waals surface area contributed by atoms with Gasteiger partial charge < -0.3 is 15.7 Å². The van der Waals surface area contributed by atoms with Gasteiger partial charge in [-0.25, -0.2) is 4.57 Å². The molecule has 114 valence electrons. The van der Waals surface area contributed by atoms with E-state index in [-0.39, 0.29) is 0 Å². The van der Waals surface area contributed by atoms with Gasteiger partial charge in [-0.05, 0) is 6.07 Å². The zero-order valence-corrected chi connectivity index (χ0v) is 12.0. The Labute approximate surface area is 127 Å². The molecule has 0 aliphatic rings. The van der Waals surface area contributed by atoms with Crippen molar-refractivity contribution in [2.45, 2.75) is 13.3 Å². The van der Waals surface area contributed by atoms with Gasteiger partial charge in [0.05, 0.1) is 5.56 Å². The lowest BCUT2D eigenvalue weighted by Gasteiger charge is -2.01. The van der Waals surface area contributed by atoms with Crippen molar-refractivity contribution in [3.63, 3.8) is 0 Å². The molecule has 2 rings (SSSR count). The van der Waals surface area contributed by atoms with Crippen LogP contribution in [0.5, 0.6) is 0 Å².